The molecule has 1 aromatic rings. The largest absolute Gasteiger partial charge is 0.309 e. The second kappa shape index (κ2) is 3.87. The summed E-state index contributed by atoms with van der Waals surface area (Å²) in [6.45, 7) is 0.483. The van der Waals surface area contributed by atoms with Crippen LogP contribution in [-0.2, 0) is 4.79 Å². The number of carbonyl (C=O) groups is 1. The van der Waals surface area contributed by atoms with Gasteiger partial charge in [-0.05, 0) is 6.07 Å². The van der Waals surface area contributed by atoms with Crippen molar-refractivity contribution in [1.29, 1.82) is 5.26 Å². The number of nitrogens with zero attached hydrogens (tertiary/aromatic N) is 3. The zero-order chi connectivity index (χ0) is 10.8. The molecule has 2 heterocycles. The highest BCUT2D eigenvalue weighted by atomic mass is 35.5. The SMILES string of the molecule is N#Cc1cncc(N2CC(Cl)CC2=O)c1. The van der Waals surface area contributed by atoms with Gasteiger partial charge in [0, 0.05) is 19.2 Å². The van der Waals surface area contributed by atoms with E-state index in [-0.39, 0.29) is 11.3 Å². The first-order chi connectivity index (χ1) is 7.20. The highest BCUT2D eigenvalue weighted by molar-refractivity contribution is 6.24. The van der Waals surface area contributed by atoms with Gasteiger partial charge >= 0.3 is 0 Å². The normalized spacial score (nSPS) is 20.4. The Hall–Kier alpha value is -1.60. The molecule has 1 atom stereocenters. The molecule has 0 aromatic carbocycles. The Morgan fingerprint density at radius 1 is 1.60 bits per heavy atom. The molecule has 1 saturated heterocycles. The molecule has 1 aromatic heterocycles. The van der Waals surface area contributed by atoms with Crippen molar-refractivity contribution < 1.29 is 4.79 Å². The molecular formula is C10H8ClN3O. The van der Waals surface area contributed by atoms with Crippen molar-refractivity contribution in [2.24, 2.45) is 0 Å². The smallest absolute Gasteiger partial charge is 0.228 e. The number of alkyl halides is 1. The number of aromatic nitrogens is 1. The van der Waals surface area contributed by atoms with E-state index in [1.54, 1.807) is 17.2 Å². The molecule has 0 saturated carbocycles. The van der Waals surface area contributed by atoms with Crippen molar-refractivity contribution in [1.82, 2.24) is 4.98 Å². The first-order valence-corrected chi connectivity index (χ1v) is 4.94. The first kappa shape index (κ1) is 9.94. The minimum atomic E-state index is -0.150. The number of pyridine rings is 1. The molecule has 1 fully saturated rings. The van der Waals surface area contributed by atoms with Gasteiger partial charge in [-0.15, -0.1) is 11.6 Å². The number of carbonyl (C=O) groups excluding carboxylic acids is 1. The van der Waals surface area contributed by atoms with Crippen LogP contribution in [0.4, 0.5) is 5.69 Å². The van der Waals surface area contributed by atoms with E-state index < -0.39 is 0 Å². The summed E-state index contributed by atoms with van der Waals surface area (Å²) in [6, 6.07) is 3.62. The zero-order valence-electron chi connectivity index (χ0n) is 7.85. The summed E-state index contributed by atoms with van der Waals surface area (Å²) in [5.74, 6) is -0.0214. The van der Waals surface area contributed by atoms with Gasteiger partial charge in [-0.1, -0.05) is 0 Å². The molecule has 1 unspecified atom stereocenters. The average Bonchev–Trinajstić information content (AvgIpc) is 2.58. The fourth-order valence-corrected chi connectivity index (χ4v) is 1.82. The van der Waals surface area contributed by atoms with Gasteiger partial charge in [0.15, 0.2) is 0 Å². The lowest BCUT2D eigenvalue weighted by Gasteiger charge is -2.14. The summed E-state index contributed by atoms with van der Waals surface area (Å²) in [4.78, 5) is 17.0. The molecule has 15 heavy (non-hydrogen) atoms. The van der Waals surface area contributed by atoms with E-state index in [2.05, 4.69) is 4.98 Å². The third kappa shape index (κ3) is 1.92. The molecule has 2 rings (SSSR count). The molecule has 0 aliphatic carbocycles. The molecule has 0 radical (unpaired) electrons. The van der Waals surface area contributed by atoms with Crippen molar-refractivity contribution in [3.8, 4) is 6.07 Å². The summed E-state index contributed by atoms with van der Waals surface area (Å²) in [7, 11) is 0. The van der Waals surface area contributed by atoms with Crippen molar-refractivity contribution in [3.63, 3.8) is 0 Å². The fourth-order valence-electron chi connectivity index (χ4n) is 1.55. The summed E-state index contributed by atoms with van der Waals surface area (Å²) < 4.78 is 0. The van der Waals surface area contributed by atoms with Crippen molar-refractivity contribution in [2.75, 3.05) is 11.4 Å². The summed E-state index contributed by atoms with van der Waals surface area (Å²) in [5.41, 5.74) is 1.08. The summed E-state index contributed by atoms with van der Waals surface area (Å²) in [6.07, 6.45) is 3.37. The molecular weight excluding hydrogens is 214 g/mol. The molecule has 0 bridgehead atoms. The van der Waals surface area contributed by atoms with Gasteiger partial charge in [-0.2, -0.15) is 5.26 Å². The van der Waals surface area contributed by atoms with Gasteiger partial charge in [-0.25, -0.2) is 0 Å². The first-order valence-electron chi connectivity index (χ1n) is 4.50. The van der Waals surface area contributed by atoms with Gasteiger partial charge in [0.1, 0.15) is 6.07 Å². The Bertz CT molecular complexity index is 441. The van der Waals surface area contributed by atoms with E-state index in [4.69, 9.17) is 16.9 Å². The van der Waals surface area contributed by atoms with Crippen LogP contribution >= 0.6 is 11.6 Å². The Morgan fingerprint density at radius 2 is 2.40 bits per heavy atom. The number of hydrogen-bond acceptors (Lipinski definition) is 3. The van der Waals surface area contributed by atoms with Gasteiger partial charge < -0.3 is 4.90 Å². The zero-order valence-corrected chi connectivity index (χ0v) is 8.61. The molecule has 5 heteroatoms. The second-order valence-electron chi connectivity index (χ2n) is 3.35. The molecule has 1 aliphatic rings. The summed E-state index contributed by atoms with van der Waals surface area (Å²) >= 11 is 5.88. The topological polar surface area (TPSA) is 57.0 Å². The van der Waals surface area contributed by atoms with Crippen molar-refractivity contribution in [2.45, 2.75) is 11.8 Å². The average molecular weight is 222 g/mol. The maximum Gasteiger partial charge on any atom is 0.228 e. The van der Waals surface area contributed by atoms with E-state index in [0.717, 1.165) is 0 Å². The highest BCUT2D eigenvalue weighted by Gasteiger charge is 2.29. The number of hydrogen-bond donors (Lipinski definition) is 0. The van der Waals surface area contributed by atoms with Crippen LogP contribution in [0.2, 0.25) is 0 Å². The third-order valence-electron chi connectivity index (χ3n) is 2.24. The van der Waals surface area contributed by atoms with Gasteiger partial charge in [0.2, 0.25) is 5.91 Å². The van der Waals surface area contributed by atoms with E-state index in [0.29, 0.717) is 24.2 Å². The lowest BCUT2D eigenvalue weighted by molar-refractivity contribution is -0.117. The van der Waals surface area contributed by atoms with Crippen LogP contribution in [0.25, 0.3) is 0 Å². The van der Waals surface area contributed by atoms with Crippen molar-refractivity contribution >= 4 is 23.2 Å². The minimum Gasteiger partial charge on any atom is -0.309 e. The predicted octanol–water partition coefficient (Wildman–Crippen LogP) is 1.30. The lowest BCUT2D eigenvalue weighted by atomic mass is 10.3. The maximum absolute atomic E-state index is 11.5. The van der Waals surface area contributed by atoms with Crippen molar-refractivity contribution in [3.05, 3.63) is 24.0 Å². The van der Waals surface area contributed by atoms with Crippen LogP contribution in [0, 0.1) is 11.3 Å². The number of anilines is 1. The minimum absolute atomic E-state index is 0.0214. The summed E-state index contributed by atoms with van der Waals surface area (Å²) in [5, 5.41) is 8.55. The van der Waals surface area contributed by atoms with Crippen LogP contribution in [0.5, 0.6) is 0 Å². The Kier molecular flexibility index (Phi) is 2.57. The highest BCUT2D eigenvalue weighted by Crippen LogP contribution is 2.23. The molecule has 0 spiro atoms. The van der Waals surface area contributed by atoms with Gasteiger partial charge in [0.25, 0.3) is 0 Å². The maximum atomic E-state index is 11.5. The quantitative estimate of drug-likeness (QED) is 0.672. The number of halogens is 1. The number of amides is 1. The third-order valence-corrected chi connectivity index (χ3v) is 2.53. The van der Waals surface area contributed by atoms with Gasteiger partial charge in [-0.3, -0.25) is 9.78 Å². The molecule has 1 amide bonds. The van der Waals surface area contributed by atoms with Crippen LogP contribution in [-0.4, -0.2) is 22.8 Å². The Balaban J connectivity index is 2.30. The van der Waals surface area contributed by atoms with E-state index >= 15 is 0 Å². The van der Waals surface area contributed by atoms with Crippen LogP contribution in [0.3, 0.4) is 0 Å². The van der Waals surface area contributed by atoms with Crippen LogP contribution in [0.15, 0.2) is 18.5 Å². The molecule has 4 nitrogen and oxygen atoms in total. The van der Waals surface area contributed by atoms with Crippen LogP contribution in [0.1, 0.15) is 12.0 Å². The fraction of sp³-hybridized carbons (Fsp3) is 0.300. The Morgan fingerprint density at radius 3 is 3.00 bits per heavy atom. The van der Waals surface area contributed by atoms with Gasteiger partial charge in [0.05, 0.1) is 22.8 Å². The second-order valence-corrected chi connectivity index (χ2v) is 3.97. The standard InChI is InChI=1S/C10H8ClN3O/c11-8-2-10(15)14(6-8)9-1-7(3-12)4-13-5-9/h1,4-5,8H,2,6H2. The number of nitriles is 1. The van der Waals surface area contributed by atoms with E-state index in [9.17, 15) is 4.79 Å². The molecule has 76 valence electrons. The van der Waals surface area contributed by atoms with E-state index in [1.807, 2.05) is 6.07 Å². The Labute approximate surface area is 92.1 Å². The predicted molar refractivity (Wildman–Crippen MR) is 55.6 cm³/mol. The molecule has 1 aliphatic heterocycles. The lowest BCUT2D eigenvalue weighted by Crippen LogP contribution is -2.24. The monoisotopic (exact) mass is 221 g/mol. The van der Waals surface area contributed by atoms with E-state index in [1.165, 1.54) is 6.20 Å². The van der Waals surface area contributed by atoms with Crippen LogP contribution < -0.4 is 4.90 Å². The number of rotatable bonds is 1. The molecule has 0 N–H and O–H groups in total.